The van der Waals surface area contributed by atoms with E-state index in [1.165, 1.54) is 17.5 Å². The highest BCUT2D eigenvalue weighted by Crippen LogP contribution is 2.34. The number of carboxylic acid groups (broad SMARTS) is 1. The van der Waals surface area contributed by atoms with E-state index in [4.69, 9.17) is 24.1 Å². The number of aliphatic carboxylic acids is 1. The lowest BCUT2D eigenvalue weighted by atomic mass is 9.92. The number of likely N-dealkylation sites (tertiary alicyclic amines) is 1. The molecule has 2 aromatic rings. The minimum atomic E-state index is -0.723. The predicted molar refractivity (Wildman–Crippen MR) is 157 cm³/mol. The largest absolute Gasteiger partial charge is 0.481 e. The highest BCUT2D eigenvalue weighted by atomic mass is 16.7. The third-order valence-corrected chi connectivity index (χ3v) is 7.94. The van der Waals surface area contributed by atoms with Crippen molar-refractivity contribution < 1.29 is 33.6 Å². The van der Waals surface area contributed by atoms with E-state index in [9.17, 15) is 9.59 Å². The topological polar surface area (TPSA) is 94.5 Å². The van der Waals surface area contributed by atoms with Crippen LogP contribution in [0.25, 0.3) is 0 Å². The van der Waals surface area contributed by atoms with E-state index in [2.05, 4.69) is 26.0 Å². The lowest BCUT2D eigenvalue weighted by molar-refractivity contribution is -0.137. The second-order valence-electron chi connectivity index (χ2n) is 10.9. The molecule has 1 saturated heterocycles. The second kappa shape index (κ2) is 15.4. The molecule has 8 heteroatoms. The Hall–Kier alpha value is -3.68. The maximum absolute atomic E-state index is 12.2. The molecule has 3 aliphatic heterocycles. The first-order valence-corrected chi connectivity index (χ1v) is 14.9. The molecule has 2 aromatic carbocycles. The van der Waals surface area contributed by atoms with Crippen molar-refractivity contribution in [1.29, 1.82) is 0 Å². The lowest BCUT2D eigenvalue weighted by Gasteiger charge is -2.25. The number of amides is 1. The van der Waals surface area contributed by atoms with Crippen molar-refractivity contribution in [3.63, 3.8) is 0 Å². The molecule has 0 saturated carbocycles. The van der Waals surface area contributed by atoms with Crippen LogP contribution in [-0.4, -0.2) is 48.6 Å². The van der Waals surface area contributed by atoms with Crippen LogP contribution in [-0.2, 0) is 22.4 Å². The number of benzene rings is 2. The van der Waals surface area contributed by atoms with Crippen LogP contribution < -0.4 is 18.9 Å². The Labute approximate surface area is 243 Å². The van der Waals surface area contributed by atoms with E-state index >= 15 is 0 Å². The van der Waals surface area contributed by atoms with Gasteiger partial charge in [0.25, 0.3) is 0 Å². The summed E-state index contributed by atoms with van der Waals surface area (Å²) in [5.41, 5.74) is 2.40. The Morgan fingerprint density at radius 3 is 1.98 bits per heavy atom. The van der Waals surface area contributed by atoms with Gasteiger partial charge in [-0.3, -0.25) is 9.59 Å². The molecule has 3 aliphatic rings. The van der Waals surface area contributed by atoms with E-state index in [1.54, 1.807) is 6.08 Å². The smallest absolute Gasteiger partial charge is 0.303 e. The van der Waals surface area contributed by atoms with Gasteiger partial charge in [-0.25, -0.2) is 0 Å². The highest BCUT2D eigenvalue weighted by molar-refractivity contribution is 5.87. The van der Waals surface area contributed by atoms with Crippen LogP contribution in [0.2, 0.25) is 0 Å². The third-order valence-electron chi connectivity index (χ3n) is 7.94. The highest BCUT2D eigenvalue weighted by Gasteiger charge is 2.17. The van der Waals surface area contributed by atoms with Crippen molar-refractivity contribution in [2.75, 3.05) is 26.7 Å². The summed E-state index contributed by atoms with van der Waals surface area (Å²) in [6, 6.07) is 12.0. The van der Waals surface area contributed by atoms with Gasteiger partial charge >= 0.3 is 5.97 Å². The molecule has 0 bridgehead atoms. The van der Waals surface area contributed by atoms with Gasteiger partial charge in [-0.15, -0.1) is 0 Å². The molecule has 222 valence electrons. The van der Waals surface area contributed by atoms with Crippen LogP contribution in [0.1, 0.15) is 69.9 Å². The fourth-order valence-electron chi connectivity index (χ4n) is 5.34. The van der Waals surface area contributed by atoms with Crippen molar-refractivity contribution in [3.8, 4) is 23.0 Å². The molecule has 8 nitrogen and oxygen atoms in total. The summed E-state index contributed by atoms with van der Waals surface area (Å²) in [5, 5.41) is 8.71. The van der Waals surface area contributed by atoms with Crippen LogP contribution in [0, 0.1) is 11.8 Å². The fourth-order valence-corrected chi connectivity index (χ4v) is 5.34. The monoisotopic (exact) mass is 565 g/mol. The van der Waals surface area contributed by atoms with Crippen molar-refractivity contribution in [2.45, 2.75) is 71.6 Å². The van der Waals surface area contributed by atoms with Crippen molar-refractivity contribution in [3.05, 3.63) is 59.7 Å². The van der Waals surface area contributed by atoms with Gasteiger partial charge in [-0.1, -0.05) is 38.5 Å². The van der Waals surface area contributed by atoms with Gasteiger partial charge in [-0.2, -0.15) is 0 Å². The number of fused-ring (bicyclic) bond motifs is 2. The molecule has 3 heterocycles. The summed E-state index contributed by atoms with van der Waals surface area (Å²) in [4.78, 5) is 24.8. The average molecular weight is 566 g/mol. The lowest BCUT2D eigenvalue weighted by Crippen LogP contribution is -2.34. The number of nitrogens with zero attached hydrogens (tertiary/aromatic N) is 1. The quantitative estimate of drug-likeness (QED) is 0.315. The van der Waals surface area contributed by atoms with Crippen LogP contribution in [0.5, 0.6) is 23.0 Å². The number of carboxylic acids is 1. The Balaban J connectivity index is 0.000000195. The van der Waals surface area contributed by atoms with Crippen molar-refractivity contribution in [1.82, 2.24) is 4.90 Å². The molecule has 1 fully saturated rings. The first-order chi connectivity index (χ1) is 19.9. The van der Waals surface area contributed by atoms with Gasteiger partial charge in [0.15, 0.2) is 23.0 Å². The molecule has 41 heavy (non-hydrogen) atoms. The number of carbonyl (C=O) groups excluding carboxylic acids is 1. The van der Waals surface area contributed by atoms with E-state index in [1.807, 2.05) is 35.2 Å². The van der Waals surface area contributed by atoms with E-state index in [-0.39, 0.29) is 19.1 Å². The number of piperidine rings is 1. The molecule has 2 unspecified atom stereocenters. The van der Waals surface area contributed by atoms with Crippen LogP contribution in [0.4, 0.5) is 0 Å². The SMILES string of the molecule is CCC(/C=C/C(=O)N1CCCCC1)Cc1ccc2c(c1)OCO2.CCC(CCC(=O)O)Cc1ccc2c(c1)OCO2. The number of hydrogen-bond donors (Lipinski definition) is 1. The van der Waals surface area contributed by atoms with Gasteiger partial charge in [0.2, 0.25) is 19.5 Å². The summed E-state index contributed by atoms with van der Waals surface area (Å²) in [5.74, 6) is 3.43. The van der Waals surface area contributed by atoms with E-state index < -0.39 is 5.97 Å². The fraction of sp³-hybridized carbons (Fsp3) is 0.515. The number of hydrogen-bond acceptors (Lipinski definition) is 6. The zero-order valence-corrected chi connectivity index (χ0v) is 24.3. The minimum Gasteiger partial charge on any atom is -0.481 e. The van der Waals surface area contributed by atoms with Crippen molar-refractivity contribution in [2.24, 2.45) is 11.8 Å². The molecule has 0 spiro atoms. The van der Waals surface area contributed by atoms with Gasteiger partial charge in [-0.05, 0) is 98.2 Å². The predicted octanol–water partition coefficient (Wildman–Crippen LogP) is 6.40. The van der Waals surface area contributed by atoms with Crippen molar-refractivity contribution >= 4 is 11.9 Å². The zero-order valence-electron chi connectivity index (χ0n) is 24.3. The summed E-state index contributed by atoms with van der Waals surface area (Å²) in [7, 11) is 0. The zero-order chi connectivity index (χ0) is 29.0. The van der Waals surface area contributed by atoms with Crippen LogP contribution >= 0.6 is 0 Å². The van der Waals surface area contributed by atoms with Crippen LogP contribution in [0.3, 0.4) is 0 Å². The van der Waals surface area contributed by atoms with E-state index in [0.717, 1.165) is 81.0 Å². The first-order valence-electron chi connectivity index (χ1n) is 14.9. The third kappa shape index (κ3) is 9.17. The van der Waals surface area contributed by atoms with Gasteiger partial charge in [0.1, 0.15) is 0 Å². The molecular formula is C33H43NO7. The summed E-state index contributed by atoms with van der Waals surface area (Å²) in [6.45, 7) is 6.66. The number of carbonyl (C=O) groups is 2. The Bertz CT molecular complexity index is 1190. The molecule has 0 aromatic heterocycles. The molecule has 5 rings (SSSR count). The van der Waals surface area contributed by atoms with Crippen LogP contribution in [0.15, 0.2) is 48.6 Å². The maximum Gasteiger partial charge on any atom is 0.303 e. The van der Waals surface area contributed by atoms with E-state index in [0.29, 0.717) is 18.6 Å². The Morgan fingerprint density at radius 2 is 1.41 bits per heavy atom. The van der Waals surface area contributed by atoms with Gasteiger partial charge < -0.3 is 29.0 Å². The average Bonchev–Trinajstić information content (AvgIpc) is 3.67. The number of allylic oxidation sites excluding steroid dienone is 1. The number of rotatable bonds is 11. The van der Waals surface area contributed by atoms with Gasteiger partial charge in [0, 0.05) is 19.5 Å². The minimum absolute atomic E-state index is 0.161. The molecule has 2 atom stereocenters. The molecule has 1 N–H and O–H groups in total. The molecular weight excluding hydrogens is 522 g/mol. The maximum atomic E-state index is 12.2. The second-order valence-corrected chi connectivity index (χ2v) is 10.9. The summed E-state index contributed by atoms with van der Waals surface area (Å²) < 4.78 is 21.4. The van der Waals surface area contributed by atoms with Gasteiger partial charge in [0.05, 0.1) is 0 Å². The Kier molecular flexibility index (Phi) is 11.3. The normalized spacial score (nSPS) is 16.7. The summed E-state index contributed by atoms with van der Waals surface area (Å²) in [6.07, 6.45) is 12.1. The summed E-state index contributed by atoms with van der Waals surface area (Å²) >= 11 is 0. The Morgan fingerprint density at radius 1 is 0.829 bits per heavy atom. The molecule has 1 amide bonds. The standard InChI is InChI=1S/C19H25NO3.C14H18O4/c1-2-15(7-9-19(21)20-10-4-3-5-11-20)12-16-6-8-17-18(13-16)23-14-22-17;1-2-10(4-6-14(15)16)7-11-3-5-12-13(8-11)18-9-17-12/h6-9,13,15H,2-5,10-12,14H2,1H3;3,5,8,10H,2,4,6-7,9H2,1H3,(H,15,16)/b9-7+;. The number of ether oxygens (including phenoxy) is 4. The first kappa shape index (κ1) is 30.3. The molecule has 0 aliphatic carbocycles. The molecule has 0 radical (unpaired) electrons.